The minimum Gasteiger partial charge on any atom is -0.384 e. The molecule has 29 heavy (non-hydrogen) atoms. The van der Waals surface area contributed by atoms with Crippen LogP contribution in [0.5, 0.6) is 0 Å². The smallest absolute Gasteiger partial charge is 0.255 e. The molecule has 2 aromatic heterocycles. The summed E-state index contributed by atoms with van der Waals surface area (Å²) in [5.41, 5.74) is 10.6. The van der Waals surface area contributed by atoms with Gasteiger partial charge in [0, 0.05) is 36.0 Å². The second kappa shape index (κ2) is 8.17. The monoisotopic (exact) mass is 407 g/mol. The number of carbonyl (C=O) groups excluding carboxylic acids is 1. The molecule has 0 bridgehead atoms. The highest BCUT2D eigenvalue weighted by Crippen LogP contribution is 2.34. The number of benzene rings is 1. The summed E-state index contributed by atoms with van der Waals surface area (Å²) < 4.78 is 0. The summed E-state index contributed by atoms with van der Waals surface area (Å²) >= 11 is 6.53. The van der Waals surface area contributed by atoms with E-state index in [0.29, 0.717) is 16.4 Å². The number of nitrogens with two attached hydrogens (primary N) is 1. The third-order valence-corrected chi connectivity index (χ3v) is 5.51. The Morgan fingerprint density at radius 2 is 1.86 bits per heavy atom. The molecular formula is C22H22ClN5O. The Kier molecular flexibility index (Phi) is 5.45. The highest BCUT2D eigenvalue weighted by atomic mass is 35.5. The van der Waals surface area contributed by atoms with Gasteiger partial charge in [0.25, 0.3) is 5.91 Å². The fourth-order valence-electron chi connectivity index (χ4n) is 3.69. The molecule has 0 atom stereocenters. The third-order valence-electron chi connectivity index (χ3n) is 5.20. The van der Waals surface area contributed by atoms with Crippen LogP contribution in [0.3, 0.4) is 0 Å². The van der Waals surface area contributed by atoms with Crippen molar-refractivity contribution in [2.75, 3.05) is 18.8 Å². The van der Waals surface area contributed by atoms with Gasteiger partial charge in [0.2, 0.25) is 0 Å². The molecule has 0 aliphatic carbocycles. The zero-order valence-corrected chi connectivity index (χ0v) is 17.0. The summed E-state index contributed by atoms with van der Waals surface area (Å²) in [4.78, 5) is 27.8. The molecule has 7 heteroatoms. The van der Waals surface area contributed by atoms with Gasteiger partial charge in [-0.3, -0.25) is 4.79 Å². The first-order chi connectivity index (χ1) is 14.1. The fraction of sp³-hybridized carbons (Fsp3) is 0.273. The molecule has 1 amide bonds. The molecule has 0 unspecified atom stereocenters. The number of amides is 1. The van der Waals surface area contributed by atoms with Crippen LogP contribution in [0.25, 0.3) is 22.4 Å². The van der Waals surface area contributed by atoms with Crippen LogP contribution in [0.4, 0.5) is 5.82 Å². The lowest BCUT2D eigenvalue weighted by Crippen LogP contribution is -2.27. The average molecular weight is 408 g/mol. The number of halogens is 1. The first-order valence-corrected chi connectivity index (χ1v) is 10.1. The second-order valence-electron chi connectivity index (χ2n) is 7.06. The molecule has 148 valence electrons. The van der Waals surface area contributed by atoms with Crippen LogP contribution in [0, 0.1) is 0 Å². The van der Waals surface area contributed by atoms with E-state index in [-0.39, 0.29) is 5.91 Å². The summed E-state index contributed by atoms with van der Waals surface area (Å²) in [5, 5.41) is 0.428. The molecule has 1 fully saturated rings. The average Bonchev–Trinajstić information content (AvgIpc) is 3.28. The van der Waals surface area contributed by atoms with Crippen molar-refractivity contribution < 1.29 is 4.79 Å². The van der Waals surface area contributed by atoms with Crippen LogP contribution in [-0.2, 0) is 6.42 Å². The van der Waals surface area contributed by atoms with Crippen LogP contribution in [-0.4, -0.2) is 38.8 Å². The zero-order valence-electron chi connectivity index (χ0n) is 16.2. The number of aromatic nitrogens is 3. The number of nitrogen functional groups attached to an aromatic ring is 1. The SMILES string of the molecule is CCc1ncnc(-c2ccc(C(=O)N3CCCC3)c(Cl)c2)c1-c1ccc(N)nc1. The van der Waals surface area contributed by atoms with Crippen molar-refractivity contribution in [3.8, 4) is 22.4 Å². The van der Waals surface area contributed by atoms with Gasteiger partial charge in [-0.1, -0.05) is 24.6 Å². The van der Waals surface area contributed by atoms with E-state index < -0.39 is 0 Å². The van der Waals surface area contributed by atoms with Crippen LogP contribution in [0.2, 0.25) is 5.02 Å². The van der Waals surface area contributed by atoms with E-state index in [2.05, 4.69) is 15.0 Å². The van der Waals surface area contributed by atoms with Crippen molar-refractivity contribution in [1.29, 1.82) is 0 Å². The van der Waals surface area contributed by atoms with Crippen LogP contribution >= 0.6 is 11.6 Å². The summed E-state index contributed by atoms with van der Waals surface area (Å²) in [7, 11) is 0. The number of carbonyl (C=O) groups is 1. The van der Waals surface area contributed by atoms with Gasteiger partial charge in [0.05, 0.1) is 22.0 Å². The molecule has 0 radical (unpaired) electrons. The Bertz CT molecular complexity index is 1050. The molecule has 3 heterocycles. The van der Waals surface area contributed by atoms with Crippen LogP contribution in [0.1, 0.15) is 35.8 Å². The molecule has 4 rings (SSSR count). The number of likely N-dealkylation sites (tertiary alicyclic amines) is 1. The summed E-state index contributed by atoms with van der Waals surface area (Å²) in [6, 6.07) is 9.16. The lowest BCUT2D eigenvalue weighted by Gasteiger charge is -2.17. The maximum Gasteiger partial charge on any atom is 0.255 e. The Hall–Kier alpha value is -2.99. The topological polar surface area (TPSA) is 85.0 Å². The lowest BCUT2D eigenvalue weighted by molar-refractivity contribution is 0.0793. The van der Waals surface area contributed by atoms with Crippen LogP contribution in [0.15, 0.2) is 42.9 Å². The first-order valence-electron chi connectivity index (χ1n) is 9.73. The predicted octanol–water partition coefficient (Wildman–Crippen LogP) is 4.24. The highest BCUT2D eigenvalue weighted by Gasteiger charge is 2.22. The molecule has 1 aliphatic heterocycles. The Balaban J connectivity index is 1.78. The molecule has 1 saturated heterocycles. The number of pyridine rings is 1. The zero-order chi connectivity index (χ0) is 20.4. The molecule has 6 nitrogen and oxygen atoms in total. The van der Waals surface area contributed by atoms with Gasteiger partial charge in [0.15, 0.2) is 0 Å². The van der Waals surface area contributed by atoms with Gasteiger partial charge in [-0.2, -0.15) is 0 Å². The summed E-state index contributed by atoms with van der Waals surface area (Å²) in [6.45, 7) is 3.62. The Labute approximate surface area is 174 Å². The lowest BCUT2D eigenvalue weighted by atomic mass is 9.97. The molecular weight excluding hydrogens is 386 g/mol. The number of anilines is 1. The minimum absolute atomic E-state index is 0.0149. The third kappa shape index (κ3) is 3.80. The standard InChI is InChI=1S/C22H22ClN5O/c1-2-18-20(15-6-8-19(24)25-12-15)21(27-13-26-18)14-5-7-16(17(23)11-14)22(29)28-9-3-4-10-28/h5-8,11-13H,2-4,9-10H2,1H3,(H2,24,25). The first kappa shape index (κ1) is 19.3. The second-order valence-corrected chi connectivity index (χ2v) is 7.47. The van der Waals surface area contributed by atoms with E-state index in [1.807, 2.05) is 24.0 Å². The van der Waals surface area contributed by atoms with Gasteiger partial charge >= 0.3 is 0 Å². The van der Waals surface area contributed by atoms with Crippen molar-refractivity contribution in [3.63, 3.8) is 0 Å². The maximum atomic E-state index is 12.7. The van der Waals surface area contributed by atoms with Gasteiger partial charge in [0.1, 0.15) is 12.1 Å². The molecule has 1 aliphatic rings. The number of aryl methyl sites for hydroxylation is 1. The number of hydrogen-bond acceptors (Lipinski definition) is 5. The van der Waals surface area contributed by atoms with Crippen molar-refractivity contribution in [2.45, 2.75) is 26.2 Å². The van der Waals surface area contributed by atoms with Gasteiger partial charge in [-0.25, -0.2) is 15.0 Å². The predicted molar refractivity (Wildman–Crippen MR) is 115 cm³/mol. The van der Waals surface area contributed by atoms with E-state index >= 15 is 0 Å². The summed E-state index contributed by atoms with van der Waals surface area (Å²) in [6.07, 6.45) is 6.11. The van der Waals surface area contributed by atoms with Gasteiger partial charge < -0.3 is 10.6 Å². The Morgan fingerprint density at radius 3 is 2.52 bits per heavy atom. The van der Waals surface area contributed by atoms with Crippen molar-refractivity contribution in [2.24, 2.45) is 0 Å². The minimum atomic E-state index is -0.0149. The fourth-order valence-corrected chi connectivity index (χ4v) is 3.95. The van der Waals surface area contributed by atoms with Gasteiger partial charge in [-0.15, -0.1) is 0 Å². The Morgan fingerprint density at radius 1 is 1.10 bits per heavy atom. The van der Waals surface area contributed by atoms with Crippen molar-refractivity contribution >= 4 is 23.3 Å². The molecule has 3 aromatic rings. The summed E-state index contributed by atoms with van der Waals surface area (Å²) in [5.74, 6) is 0.442. The molecule has 0 saturated carbocycles. The molecule has 1 aromatic carbocycles. The molecule has 2 N–H and O–H groups in total. The molecule has 0 spiro atoms. The highest BCUT2D eigenvalue weighted by molar-refractivity contribution is 6.34. The number of rotatable bonds is 4. The van der Waals surface area contributed by atoms with Crippen molar-refractivity contribution in [1.82, 2.24) is 19.9 Å². The largest absolute Gasteiger partial charge is 0.384 e. The van der Waals surface area contributed by atoms with E-state index in [0.717, 1.165) is 60.4 Å². The van der Waals surface area contributed by atoms with E-state index in [4.69, 9.17) is 17.3 Å². The van der Waals surface area contributed by atoms with E-state index in [1.165, 1.54) is 0 Å². The van der Waals surface area contributed by atoms with Crippen LogP contribution < -0.4 is 5.73 Å². The van der Waals surface area contributed by atoms with Gasteiger partial charge in [-0.05, 0) is 43.5 Å². The van der Waals surface area contributed by atoms with Crippen molar-refractivity contribution in [3.05, 3.63) is 59.1 Å². The van der Waals surface area contributed by atoms with E-state index in [1.54, 1.807) is 30.7 Å². The van der Waals surface area contributed by atoms with E-state index in [9.17, 15) is 4.79 Å². The quantitative estimate of drug-likeness (QED) is 0.699. The number of nitrogens with zero attached hydrogens (tertiary/aromatic N) is 4. The number of hydrogen-bond donors (Lipinski definition) is 1. The maximum absolute atomic E-state index is 12.7. The normalized spacial score (nSPS) is 13.7.